The maximum atomic E-state index is 11.8. The SMILES string of the molecule is Cc1c2ccccc2nc(SCC#N)[n+]1[O-]. The molecular formula is C11H9N3OS. The van der Waals surface area contributed by atoms with E-state index in [1.165, 1.54) is 0 Å². The third kappa shape index (κ3) is 1.79. The first-order valence-electron chi connectivity index (χ1n) is 4.72. The monoisotopic (exact) mass is 231 g/mol. The number of thioether (sulfide) groups is 1. The number of aromatic nitrogens is 2. The highest BCUT2D eigenvalue weighted by molar-refractivity contribution is 7.99. The molecule has 0 aliphatic rings. The number of nitrogens with zero attached hydrogens (tertiary/aromatic N) is 3. The summed E-state index contributed by atoms with van der Waals surface area (Å²) < 4.78 is 0.782. The summed E-state index contributed by atoms with van der Waals surface area (Å²) in [7, 11) is 0. The Morgan fingerprint density at radius 2 is 2.25 bits per heavy atom. The molecule has 0 N–H and O–H groups in total. The minimum absolute atomic E-state index is 0.229. The summed E-state index contributed by atoms with van der Waals surface area (Å²) in [5.41, 5.74) is 1.40. The van der Waals surface area contributed by atoms with Gasteiger partial charge in [0.15, 0.2) is 5.52 Å². The van der Waals surface area contributed by atoms with Crippen molar-refractivity contribution in [2.45, 2.75) is 12.1 Å². The van der Waals surface area contributed by atoms with Gasteiger partial charge < -0.3 is 5.21 Å². The van der Waals surface area contributed by atoms with Gasteiger partial charge in [0.25, 0.3) is 0 Å². The Hall–Kier alpha value is -1.80. The Morgan fingerprint density at radius 1 is 1.50 bits per heavy atom. The molecule has 2 aromatic rings. The molecule has 1 aromatic carbocycles. The fourth-order valence-corrected chi connectivity index (χ4v) is 2.08. The fraction of sp³-hybridized carbons (Fsp3) is 0.182. The van der Waals surface area contributed by atoms with Crippen LogP contribution >= 0.6 is 11.8 Å². The number of hydrogen-bond donors (Lipinski definition) is 0. The fourth-order valence-electron chi connectivity index (χ4n) is 1.47. The molecule has 0 fully saturated rings. The summed E-state index contributed by atoms with van der Waals surface area (Å²) in [5.74, 6) is 0.229. The van der Waals surface area contributed by atoms with Crippen LogP contribution < -0.4 is 4.73 Å². The molecule has 0 saturated heterocycles. The van der Waals surface area contributed by atoms with Gasteiger partial charge in [0.1, 0.15) is 5.69 Å². The third-order valence-electron chi connectivity index (χ3n) is 2.25. The third-order valence-corrected chi connectivity index (χ3v) is 3.04. The highest BCUT2D eigenvalue weighted by atomic mass is 32.2. The predicted molar refractivity (Wildman–Crippen MR) is 61.8 cm³/mol. The van der Waals surface area contributed by atoms with Gasteiger partial charge in [0.05, 0.1) is 17.2 Å². The van der Waals surface area contributed by atoms with Crippen LogP contribution in [-0.2, 0) is 0 Å². The molecule has 0 aliphatic carbocycles. The molecule has 0 radical (unpaired) electrons. The van der Waals surface area contributed by atoms with E-state index >= 15 is 0 Å². The Bertz CT molecular complexity index is 577. The van der Waals surface area contributed by atoms with Gasteiger partial charge >= 0.3 is 5.16 Å². The molecule has 0 atom stereocenters. The summed E-state index contributed by atoms with van der Waals surface area (Å²) in [6, 6.07) is 9.46. The lowest BCUT2D eigenvalue weighted by atomic mass is 10.2. The average molecular weight is 231 g/mol. The van der Waals surface area contributed by atoms with Crippen molar-refractivity contribution in [3.63, 3.8) is 0 Å². The van der Waals surface area contributed by atoms with Crippen molar-refractivity contribution in [2.24, 2.45) is 0 Å². The van der Waals surface area contributed by atoms with Crippen LogP contribution in [0, 0.1) is 23.5 Å². The quantitative estimate of drug-likeness (QED) is 0.342. The molecule has 80 valence electrons. The predicted octanol–water partition coefficient (Wildman–Crippen LogP) is 1.79. The largest absolute Gasteiger partial charge is 0.710 e. The lowest BCUT2D eigenvalue weighted by Gasteiger charge is -2.09. The number of nitriles is 1. The first-order chi connectivity index (χ1) is 7.74. The maximum absolute atomic E-state index is 11.8. The molecule has 0 spiro atoms. The zero-order chi connectivity index (χ0) is 11.5. The number of rotatable bonds is 2. The van der Waals surface area contributed by atoms with Gasteiger partial charge in [-0.2, -0.15) is 5.26 Å². The molecule has 0 bridgehead atoms. The lowest BCUT2D eigenvalue weighted by molar-refractivity contribution is -0.655. The Labute approximate surface area is 97.1 Å². The molecule has 0 aliphatic heterocycles. The number of para-hydroxylation sites is 1. The second kappa shape index (κ2) is 4.37. The van der Waals surface area contributed by atoms with Crippen LogP contribution in [0.5, 0.6) is 0 Å². The van der Waals surface area contributed by atoms with Gasteiger partial charge in [-0.25, -0.2) is 4.73 Å². The normalized spacial score (nSPS) is 10.2. The number of aryl methyl sites for hydroxylation is 1. The summed E-state index contributed by atoms with van der Waals surface area (Å²) in [4.78, 5) is 4.24. The van der Waals surface area contributed by atoms with Gasteiger partial charge in [-0.1, -0.05) is 12.1 Å². The van der Waals surface area contributed by atoms with Gasteiger partial charge in [-0.3, -0.25) is 0 Å². The minimum Gasteiger partial charge on any atom is -0.710 e. The van der Waals surface area contributed by atoms with Crippen molar-refractivity contribution in [2.75, 3.05) is 5.75 Å². The standard InChI is InChI=1S/C11H9N3OS/c1-8-9-4-2-3-5-10(9)13-11(14(8)15)16-7-6-12/h2-5H,7H2,1H3. The highest BCUT2D eigenvalue weighted by Gasteiger charge is 2.15. The van der Waals surface area contributed by atoms with E-state index in [0.29, 0.717) is 10.9 Å². The van der Waals surface area contributed by atoms with Gasteiger partial charge in [-0.15, -0.1) is 0 Å². The smallest absolute Gasteiger partial charge is 0.364 e. The van der Waals surface area contributed by atoms with Gasteiger partial charge in [0.2, 0.25) is 0 Å². The zero-order valence-corrected chi connectivity index (χ0v) is 9.49. The number of fused-ring (bicyclic) bond motifs is 1. The van der Waals surface area contributed by atoms with Crippen LogP contribution in [0.3, 0.4) is 0 Å². The molecule has 0 unspecified atom stereocenters. The Balaban J connectivity index is 2.60. The van der Waals surface area contributed by atoms with Crippen molar-refractivity contribution >= 4 is 22.7 Å². The van der Waals surface area contributed by atoms with Crippen molar-refractivity contribution < 1.29 is 4.73 Å². The van der Waals surface area contributed by atoms with E-state index < -0.39 is 0 Å². The number of hydrogen-bond acceptors (Lipinski definition) is 4. The van der Waals surface area contributed by atoms with E-state index in [-0.39, 0.29) is 5.75 Å². The van der Waals surface area contributed by atoms with Crippen LogP contribution in [0.2, 0.25) is 0 Å². The second-order valence-electron chi connectivity index (χ2n) is 3.24. The molecule has 4 nitrogen and oxygen atoms in total. The molecule has 5 heteroatoms. The van der Waals surface area contributed by atoms with Gasteiger partial charge in [0, 0.05) is 0 Å². The Morgan fingerprint density at radius 3 is 3.00 bits per heavy atom. The van der Waals surface area contributed by atoms with E-state index in [2.05, 4.69) is 4.98 Å². The first kappa shape index (κ1) is 10.7. The molecule has 0 amide bonds. The summed E-state index contributed by atoms with van der Waals surface area (Å²) in [6.45, 7) is 1.76. The molecule has 0 saturated carbocycles. The van der Waals surface area contributed by atoms with Gasteiger partial charge in [-0.05, 0) is 35.8 Å². The van der Waals surface area contributed by atoms with Crippen molar-refractivity contribution in [3.05, 3.63) is 35.2 Å². The van der Waals surface area contributed by atoms with E-state index in [1.54, 1.807) is 6.92 Å². The molecule has 2 rings (SSSR count). The highest BCUT2D eigenvalue weighted by Crippen LogP contribution is 2.18. The maximum Gasteiger partial charge on any atom is 0.364 e. The van der Waals surface area contributed by atoms with E-state index in [0.717, 1.165) is 27.4 Å². The lowest BCUT2D eigenvalue weighted by Crippen LogP contribution is -2.34. The van der Waals surface area contributed by atoms with E-state index in [1.807, 2.05) is 30.3 Å². The minimum atomic E-state index is 0.229. The number of benzene rings is 1. The summed E-state index contributed by atoms with van der Waals surface area (Å²) in [5, 5.41) is 21.5. The molecule has 1 aromatic heterocycles. The summed E-state index contributed by atoms with van der Waals surface area (Å²) >= 11 is 1.15. The van der Waals surface area contributed by atoms with Crippen LogP contribution in [0.4, 0.5) is 0 Å². The second-order valence-corrected chi connectivity index (χ2v) is 4.18. The first-order valence-corrected chi connectivity index (χ1v) is 5.71. The molecular weight excluding hydrogens is 222 g/mol. The van der Waals surface area contributed by atoms with Crippen LogP contribution in [0.1, 0.15) is 5.69 Å². The van der Waals surface area contributed by atoms with Crippen LogP contribution in [0.15, 0.2) is 29.4 Å². The van der Waals surface area contributed by atoms with E-state index in [4.69, 9.17) is 5.26 Å². The Kier molecular flexibility index (Phi) is 2.93. The topological polar surface area (TPSA) is 63.6 Å². The zero-order valence-electron chi connectivity index (χ0n) is 8.67. The average Bonchev–Trinajstić information content (AvgIpc) is 2.32. The van der Waals surface area contributed by atoms with Crippen molar-refractivity contribution in [1.29, 1.82) is 5.26 Å². The van der Waals surface area contributed by atoms with Crippen molar-refractivity contribution in [3.8, 4) is 6.07 Å². The van der Waals surface area contributed by atoms with E-state index in [9.17, 15) is 5.21 Å². The summed E-state index contributed by atoms with van der Waals surface area (Å²) in [6.07, 6.45) is 0. The van der Waals surface area contributed by atoms with Crippen LogP contribution in [0.25, 0.3) is 10.9 Å². The molecule has 1 heterocycles. The van der Waals surface area contributed by atoms with Crippen molar-refractivity contribution in [1.82, 2.24) is 4.98 Å². The molecule has 16 heavy (non-hydrogen) atoms. The van der Waals surface area contributed by atoms with Crippen LogP contribution in [-0.4, -0.2) is 10.7 Å².